The van der Waals surface area contributed by atoms with Gasteiger partial charge in [0.05, 0.1) is 0 Å². The number of amides is 1. The molecule has 1 heterocycles. The van der Waals surface area contributed by atoms with Crippen molar-refractivity contribution in [1.29, 1.82) is 0 Å². The van der Waals surface area contributed by atoms with Gasteiger partial charge < -0.3 is 4.90 Å². The molecule has 0 fully saturated rings. The third-order valence-corrected chi connectivity index (χ3v) is 3.62. The highest BCUT2D eigenvalue weighted by Crippen LogP contribution is 2.23. The topological polar surface area (TPSA) is 33.2 Å². The molecule has 0 N–H and O–H groups in total. The normalized spacial score (nSPS) is 10.7. The summed E-state index contributed by atoms with van der Waals surface area (Å²) in [5.41, 5.74) is 1.59. The second-order valence-electron chi connectivity index (χ2n) is 4.98. The molecule has 4 heteroatoms. The predicted molar refractivity (Wildman–Crippen MR) is 79.3 cm³/mol. The summed E-state index contributed by atoms with van der Waals surface area (Å²) in [5, 5.41) is 2.73. The van der Waals surface area contributed by atoms with Gasteiger partial charge in [0.15, 0.2) is 0 Å². The van der Waals surface area contributed by atoms with E-state index in [9.17, 15) is 4.79 Å². The molecule has 0 bridgehead atoms. The van der Waals surface area contributed by atoms with Gasteiger partial charge in [0.25, 0.3) is 5.91 Å². The van der Waals surface area contributed by atoms with Crippen LogP contribution in [0.15, 0.2) is 35.7 Å². The molecule has 100 valence electrons. The Bertz CT molecular complexity index is 548. The van der Waals surface area contributed by atoms with E-state index in [4.69, 9.17) is 0 Å². The summed E-state index contributed by atoms with van der Waals surface area (Å²) >= 11 is 1.51. The van der Waals surface area contributed by atoms with Crippen LogP contribution >= 0.6 is 11.3 Å². The number of benzene rings is 1. The zero-order valence-electron chi connectivity index (χ0n) is 11.5. The van der Waals surface area contributed by atoms with Crippen molar-refractivity contribution in [1.82, 2.24) is 9.88 Å². The summed E-state index contributed by atoms with van der Waals surface area (Å²) < 4.78 is 0. The molecule has 0 saturated heterocycles. The molecular formula is C15H18N2OS. The summed E-state index contributed by atoms with van der Waals surface area (Å²) in [5.74, 6) is 0.452. The van der Waals surface area contributed by atoms with E-state index in [-0.39, 0.29) is 5.91 Å². The molecule has 2 aromatic rings. The van der Waals surface area contributed by atoms with Crippen LogP contribution in [-0.4, -0.2) is 29.4 Å². The van der Waals surface area contributed by atoms with E-state index in [0.717, 1.165) is 17.1 Å². The van der Waals surface area contributed by atoms with Crippen LogP contribution < -0.4 is 0 Å². The monoisotopic (exact) mass is 274 g/mol. The van der Waals surface area contributed by atoms with Crippen molar-refractivity contribution in [2.24, 2.45) is 5.92 Å². The van der Waals surface area contributed by atoms with Gasteiger partial charge in [-0.25, -0.2) is 4.98 Å². The number of rotatable bonds is 4. The molecule has 1 aromatic heterocycles. The van der Waals surface area contributed by atoms with Crippen LogP contribution in [0.2, 0.25) is 0 Å². The lowest BCUT2D eigenvalue weighted by atomic mass is 10.2. The first kappa shape index (κ1) is 13.7. The summed E-state index contributed by atoms with van der Waals surface area (Å²) in [6.45, 7) is 4.94. The Morgan fingerprint density at radius 1 is 1.32 bits per heavy atom. The average molecular weight is 274 g/mol. The minimum absolute atomic E-state index is 0.00729. The number of hydrogen-bond donors (Lipinski definition) is 0. The Hall–Kier alpha value is -1.68. The van der Waals surface area contributed by atoms with E-state index < -0.39 is 0 Å². The predicted octanol–water partition coefficient (Wildman–Crippen LogP) is 3.54. The molecule has 1 amide bonds. The van der Waals surface area contributed by atoms with Gasteiger partial charge in [-0.3, -0.25) is 4.79 Å². The van der Waals surface area contributed by atoms with Crippen molar-refractivity contribution < 1.29 is 4.79 Å². The van der Waals surface area contributed by atoms with E-state index >= 15 is 0 Å². The van der Waals surface area contributed by atoms with Crippen molar-refractivity contribution in [3.63, 3.8) is 0 Å². The fourth-order valence-corrected chi connectivity index (χ4v) is 2.71. The minimum atomic E-state index is -0.00729. The second kappa shape index (κ2) is 5.97. The standard InChI is InChI=1S/C15H18N2OS/c1-11(2)9-17(3)15(18)13-10-19-14(16-13)12-7-5-4-6-8-12/h4-8,10-11H,9H2,1-3H3. The SMILES string of the molecule is CC(C)CN(C)C(=O)c1csc(-c2ccccc2)n1. The maximum absolute atomic E-state index is 12.2. The number of thiazole rings is 1. The van der Waals surface area contributed by atoms with Crippen molar-refractivity contribution >= 4 is 17.2 Å². The second-order valence-corrected chi connectivity index (χ2v) is 5.84. The Morgan fingerprint density at radius 3 is 2.63 bits per heavy atom. The summed E-state index contributed by atoms with van der Waals surface area (Å²) in [4.78, 5) is 18.4. The number of aromatic nitrogens is 1. The van der Waals surface area contributed by atoms with Crippen LogP contribution in [0, 0.1) is 5.92 Å². The Labute approximate surface area is 117 Å². The maximum Gasteiger partial charge on any atom is 0.273 e. The van der Waals surface area contributed by atoms with Gasteiger partial charge in [-0.15, -0.1) is 11.3 Å². The molecule has 0 aliphatic carbocycles. The molecule has 0 unspecified atom stereocenters. The van der Waals surface area contributed by atoms with Gasteiger partial charge in [-0.05, 0) is 5.92 Å². The lowest BCUT2D eigenvalue weighted by molar-refractivity contribution is 0.0774. The molecule has 1 aromatic carbocycles. The first-order chi connectivity index (χ1) is 9.08. The molecule has 0 radical (unpaired) electrons. The summed E-state index contributed by atoms with van der Waals surface area (Å²) in [7, 11) is 1.82. The largest absolute Gasteiger partial charge is 0.340 e. The van der Waals surface area contributed by atoms with Crippen LogP contribution in [0.4, 0.5) is 0 Å². The maximum atomic E-state index is 12.2. The van der Waals surface area contributed by atoms with Crippen LogP contribution in [0.25, 0.3) is 10.6 Å². The van der Waals surface area contributed by atoms with Gasteiger partial charge in [-0.2, -0.15) is 0 Å². The van der Waals surface area contributed by atoms with Gasteiger partial charge in [0.1, 0.15) is 10.7 Å². The van der Waals surface area contributed by atoms with Crippen LogP contribution in [0.5, 0.6) is 0 Å². The molecule has 0 atom stereocenters. The van der Waals surface area contributed by atoms with E-state index in [1.807, 2.05) is 42.8 Å². The lowest BCUT2D eigenvalue weighted by Gasteiger charge is -2.17. The average Bonchev–Trinajstić information content (AvgIpc) is 2.87. The van der Waals surface area contributed by atoms with Gasteiger partial charge in [0, 0.05) is 24.5 Å². The fraction of sp³-hybridized carbons (Fsp3) is 0.333. The van der Waals surface area contributed by atoms with Crippen molar-refractivity contribution in [2.75, 3.05) is 13.6 Å². The Kier molecular flexibility index (Phi) is 4.32. The first-order valence-corrected chi connectivity index (χ1v) is 7.22. The smallest absolute Gasteiger partial charge is 0.273 e. The third kappa shape index (κ3) is 3.41. The third-order valence-electron chi connectivity index (χ3n) is 2.73. The van der Waals surface area contributed by atoms with Crippen LogP contribution in [0.1, 0.15) is 24.3 Å². The number of nitrogens with zero attached hydrogens (tertiary/aromatic N) is 2. The highest BCUT2D eigenvalue weighted by molar-refractivity contribution is 7.13. The highest BCUT2D eigenvalue weighted by Gasteiger charge is 2.16. The van der Waals surface area contributed by atoms with E-state index in [1.165, 1.54) is 11.3 Å². The number of hydrogen-bond acceptors (Lipinski definition) is 3. The zero-order valence-corrected chi connectivity index (χ0v) is 12.3. The molecule has 0 spiro atoms. The molecule has 0 aliphatic heterocycles. The van der Waals surface area contributed by atoms with Crippen LogP contribution in [0.3, 0.4) is 0 Å². The number of carbonyl (C=O) groups is 1. The van der Waals surface area contributed by atoms with E-state index in [0.29, 0.717) is 11.6 Å². The minimum Gasteiger partial charge on any atom is -0.340 e. The molecule has 0 aliphatic rings. The van der Waals surface area contributed by atoms with E-state index in [1.54, 1.807) is 4.90 Å². The molecular weight excluding hydrogens is 256 g/mol. The van der Waals surface area contributed by atoms with E-state index in [2.05, 4.69) is 18.8 Å². The summed E-state index contributed by atoms with van der Waals surface area (Å²) in [6.07, 6.45) is 0. The quantitative estimate of drug-likeness (QED) is 0.854. The van der Waals surface area contributed by atoms with Gasteiger partial charge >= 0.3 is 0 Å². The highest BCUT2D eigenvalue weighted by atomic mass is 32.1. The molecule has 3 nitrogen and oxygen atoms in total. The van der Waals surface area contributed by atoms with Crippen molar-refractivity contribution in [2.45, 2.75) is 13.8 Å². The van der Waals surface area contributed by atoms with Gasteiger partial charge in [0.2, 0.25) is 0 Å². The first-order valence-electron chi connectivity index (χ1n) is 6.34. The fourth-order valence-electron chi connectivity index (χ4n) is 1.91. The molecule has 0 saturated carbocycles. The Balaban J connectivity index is 2.15. The Morgan fingerprint density at radius 2 is 2.00 bits per heavy atom. The number of carbonyl (C=O) groups excluding carboxylic acids is 1. The van der Waals surface area contributed by atoms with Crippen molar-refractivity contribution in [3.05, 3.63) is 41.4 Å². The summed E-state index contributed by atoms with van der Waals surface area (Å²) in [6, 6.07) is 9.93. The van der Waals surface area contributed by atoms with Gasteiger partial charge in [-0.1, -0.05) is 44.2 Å². The van der Waals surface area contributed by atoms with Crippen LogP contribution in [-0.2, 0) is 0 Å². The van der Waals surface area contributed by atoms with Crippen molar-refractivity contribution in [3.8, 4) is 10.6 Å². The molecule has 2 rings (SSSR count). The molecule has 19 heavy (non-hydrogen) atoms. The zero-order chi connectivity index (χ0) is 13.8. The lowest BCUT2D eigenvalue weighted by Crippen LogP contribution is -2.30.